The third-order valence-corrected chi connectivity index (χ3v) is 8.56. The molecule has 1 saturated carbocycles. The number of Topliss-reactive ketones (excluding diaryl/α,β-unsaturated/α-hetero) is 1. The number of hydrogen-bond donors (Lipinski definition) is 1. The molecule has 0 aliphatic heterocycles. The van der Waals surface area contributed by atoms with Gasteiger partial charge in [-0.05, 0) is 76.9 Å². The normalized spacial score (nSPS) is 16.6. The van der Waals surface area contributed by atoms with Crippen molar-refractivity contribution in [3.63, 3.8) is 0 Å². The fourth-order valence-corrected chi connectivity index (χ4v) is 6.16. The van der Waals surface area contributed by atoms with Crippen LogP contribution in [0.15, 0.2) is 42.5 Å². The smallest absolute Gasteiger partial charge is 0.424 e. The molecule has 0 saturated heterocycles. The number of nitrogens with one attached hydrogen (secondary N) is 1. The van der Waals surface area contributed by atoms with Crippen LogP contribution in [0.3, 0.4) is 0 Å². The summed E-state index contributed by atoms with van der Waals surface area (Å²) >= 11 is 18.6. The highest BCUT2D eigenvalue weighted by molar-refractivity contribution is 6.53. The van der Waals surface area contributed by atoms with E-state index in [1.54, 1.807) is 0 Å². The molecule has 2 unspecified atom stereocenters. The predicted molar refractivity (Wildman–Crippen MR) is 183 cm³/mol. The Kier molecular flexibility index (Phi) is 11.3. The second kappa shape index (κ2) is 14.5. The number of alkyl halides is 2. The Labute approximate surface area is 306 Å². The van der Waals surface area contributed by atoms with E-state index in [0.29, 0.717) is 5.56 Å². The van der Waals surface area contributed by atoms with Gasteiger partial charge in [0, 0.05) is 24.1 Å². The number of ketones is 1. The zero-order valence-corrected chi connectivity index (χ0v) is 30.6. The largest absolute Gasteiger partial charge is 0.493 e. The van der Waals surface area contributed by atoms with E-state index >= 15 is 13.2 Å². The molecule has 0 aromatic heterocycles. The molecule has 0 heterocycles. The first-order valence-electron chi connectivity index (χ1n) is 15.2. The van der Waals surface area contributed by atoms with E-state index in [4.69, 9.17) is 49.0 Å². The molecule has 9 nitrogen and oxygen atoms in total. The highest BCUT2D eigenvalue weighted by Crippen LogP contribution is 2.65. The molecular formula is C35H33Cl3F4N2O7. The zero-order valence-electron chi connectivity index (χ0n) is 28.4. The van der Waals surface area contributed by atoms with E-state index in [-0.39, 0.29) is 15.6 Å². The van der Waals surface area contributed by atoms with Crippen LogP contribution in [-0.4, -0.2) is 46.5 Å². The van der Waals surface area contributed by atoms with Gasteiger partial charge < -0.3 is 19.5 Å². The third-order valence-electron chi connectivity index (χ3n) is 7.33. The molecule has 16 heteroatoms. The van der Waals surface area contributed by atoms with Gasteiger partial charge >= 0.3 is 12.2 Å². The van der Waals surface area contributed by atoms with E-state index in [0.717, 1.165) is 37.4 Å². The van der Waals surface area contributed by atoms with Crippen molar-refractivity contribution in [2.75, 3.05) is 17.3 Å². The Balaban J connectivity index is 1.66. The van der Waals surface area contributed by atoms with Crippen LogP contribution in [-0.2, 0) is 20.7 Å². The van der Waals surface area contributed by atoms with Gasteiger partial charge in [0.2, 0.25) is 5.91 Å². The number of rotatable bonds is 8. The highest BCUT2D eigenvalue weighted by atomic mass is 35.5. The van der Waals surface area contributed by atoms with Crippen LogP contribution in [0.4, 0.5) is 38.5 Å². The molecule has 2 atom stereocenters. The van der Waals surface area contributed by atoms with Crippen LogP contribution in [0.5, 0.6) is 5.75 Å². The van der Waals surface area contributed by atoms with Crippen LogP contribution in [0.2, 0.25) is 5.02 Å². The minimum absolute atomic E-state index is 0.0460. The van der Waals surface area contributed by atoms with E-state index in [1.807, 2.05) is 0 Å². The molecule has 3 aromatic rings. The number of methoxy groups -OCH3 is 1. The van der Waals surface area contributed by atoms with Crippen molar-refractivity contribution in [3.8, 4) is 5.75 Å². The lowest BCUT2D eigenvalue weighted by molar-refractivity contribution is -0.117. The van der Waals surface area contributed by atoms with Gasteiger partial charge in [0.05, 0.1) is 23.6 Å². The Morgan fingerprint density at radius 1 is 0.843 bits per heavy atom. The second-order valence-corrected chi connectivity index (χ2v) is 15.4. The number of halogens is 7. The number of nitrogens with zero attached hydrogens (tertiary/aromatic N) is 1. The summed E-state index contributed by atoms with van der Waals surface area (Å²) in [6.07, 6.45) is -3.77. The number of hydrogen-bond acceptors (Lipinski definition) is 7. The quantitative estimate of drug-likeness (QED) is 0.138. The minimum Gasteiger partial charge on any atom is -0.493 e. The van der Waals surface area contributed by atoms with Gasteiger partial charge in [0.1, 0.15) is 27.0 Å². The van der Waals surface area contributed by atoms with Crippen molar-refractivity contribution < 1.29 is 51.0 Å². The lowest BCUT2D eigenvalue weighted by Crippen LogP contribution is -2.44. The maximum Gasteiger partial charge on any atom is 0.424 e. The standard InChI is InChI=1S/C35H33Cl3F4N2O7/c1-33(2,3)50-31(47)44(32(48)51-34(4,5)6)28-22(40)11-9-17(27(28)42)13-24(45)19-14-18(15-23(41)29(19)49-7)43-30(46)26-25(35(26,37)38)16-8-10-21(39)20(36)12-16/h8-12,14-15,25-26H,13H2,1-7H3,(H,43,46). The Bertz CT molecular complexity index is 1880. The Morgan fingerprint density at radius 3 is 1.94 bits per heavy atom. The van der Waals surface area contributed by atoms with Gasteiger partial charge in [0.15, 0.2) is 29.0 Å². The summed E-state index contributed by atoms with van der Waals surface area (Å²) in [7, 11) is 1.07. The summed E-state index contributed by atoms with van der Waals surface area (Å²) in [5.41, 5.74) is -4.36. The molecular weight excluding hydrogens is 743 g/mol. The molecule has 4 rings (SSSR count). The number of anilines is 2. The second-order valence-electron chi connectivity index (χ2n) is 13.6. The van der Waals surface area contributed by atoms with Crippen molar-refractivity contribution in [1.82, 2.24) is 0 Å². The van der Waals surface area contributed by atoms with E-state index in [1.165, 1.54) is 53.7 Å². The average Bonchev–Trinajstić information content (AvgIpc) is 3.57. The average molecular weight is 776 g/mol. The molecule has 274 valence electrons. The fraction of sp³-hybridized carbons (Fsp3) is 0.371. The summed E-state index contributed by atoms with van der Waals surface area (Å²) < 4.78 is 74.1. The summed E-state index contributed by atoms with van der Waals surface area (Å²) in [6, 6.07) is 7.28. The first kappa shape index (κ1) is 39.7. The molecule has 1 N–H and O–H groups in total. The van der Waals surface area contributed by atoms with Gasteiger partial charge in [0.25, 0.3) is 0 Å². The Hall–Kier alpha value is -4.07. The predicted octanol–water partition coefficient (Wildman–Crippen LogP) is 9.53. The minimum atomic E-state index is -1.63. The van der Waals surface area contributed by atoms with Crippen molar-refractivity contribution in [2.45, 2.75) is 69.4 Å². The molecule has 51 heavy (non-hydrogen) atoms. The number of amides is 3. The fourth-order valence-electron chi connectivity index (χ4n) is 5.14. The maximum atomic E-state index is 16.1. The number of ether oxygens (including phenoxy) is 3. The van der Waals surface area contributed by atoms with E-state index in [2.05, 4.69) is 5.32 Å². The monoisotopic (exact) mass is 774 g/mol. The van der Waals surface area contributed by atoms with Crippen LogP contribution in [0.25, 0.3) is 0 Å². The number of imide groups is 1. The van der Waals surface area contributed by atoms with Crippen LogP contribution in [0.1, 0.15) is 68.9 Å². The molecule has 0 bridgehead atoms. The first-order valence-corrected chi connectivity index (χ1v) is 16.4. The molecule has 1 aliphatic carbocycles. The zero-order chi connectivity index (χ0) is 38.4. The highest BCUT2D eigenvalue weighted by Gasteiger charge is 2.67. The summed E-state index contributed by atoms with van der Waals surface area (Å²) in [6.45, 7) is 8.81. The van der Waals surface area contributed by atoms with Crippen molar-refractivity contribution in [1.29, 1.82) is 0 Å². The first-order chi connectivity index (χ1) is 23.5. The molecule has 1 aliphatic rings. The number of benzene rings is 3. The molecule has 0 radical (unpaired) electrons. The Morgan fingerprint density at radius 2 is 1.41 bits per heavy atom. The van der Waals surface area contributed by atoms with E-state index < -0.39 is 104 Å². The number of carbonyl (C=O) groups excluding carboxylic acids is 4. The van der Waals surface area contributed by atoms with E-state index in [9.17, 15) is 23.6 Å². The lowest BCUT2D eigenvalue weighted by Gasteiger charge is -2.29. The summed E-state index contributed by atoms with van der Waals surface area (Å²) in [5, 5.41) is 2.23. The number of carbonyl (C=O) groups is 4. The van der Waals surface area contributed by atoms with Gasteiger partial charge in [-0.1, -0.05) is 23.7 Å². The van der Waals surface area contributed by atoms with Crippen LogP contribution >= 0.6 is 34.8 Å². The van der Waals surface area contributed by atoms with Gasteiger partial charge in [-0.2, -0.15) is 4.90 Å². The molecule has 3 amide bonds. The lowest BCUT2D eigenvalue weighted by atomic mass is 10.00. The van der Waals surface area contributed by atoms with Gasteiger partial charge in [-0.25, -0.2) is 27.2 Å². The summed E-state index contributed by atoms with van der Waals surface area (Å²) in [5.74, 6) is -8.80. The molecule has 1 fully saturated rings. The van der Waals surface area contributed by atoms with Gasteiger partial charge in [-0.3, -0.25) is 9.59 Å². The van der Waals surface area contributed by atoms with Crippen LogP contribution in [0, 0.1) is 29.2 Å². The maximum absolute atomic E-state index is 16.1. The van der Waals surface area contributed by atoms with Gasteiger partial charge in [-0.15, -0.1) is 23.2 Å². The molecule has 3 aromatic carbocycles. The van der Waals surface area contributed by atoms with Crippen molar-refractivity contribution in [3.05, 3.63) is 87.4 Å². The molecule has 0 spiro atoms. The van der Waals surface area contributed by atoms with Crippen molar-refractivity contribution in [2.24, 2.45) is 5.92 Å². The SMILES string of the molecule is COc1c(F)cc(NC(=O)C2C(c3ccc(F)c(Cl)c3)C2(Cl)Cl)cc1C(=O)Cc1ccc(F)c(N(C(=O)OC(C)(C)C)C(=O)OC(C)(C)C)c1F. The topological polar surface area (TPSA) is 111 Å². The van der Waals surface area contributed by atoms with Crippen LogP contribution < -0.4 is 15.0 Å². The third kappa shape index (κ3) is 8.88. The van der Waals surface area contributed by atoms with Crippen molar-refractivity contribution >= 4 is 70.1 Å². The summed E-state index contributed by atoms with van der Waals surface area (Å²) in [4.78, 5) is 53.0.